The summed E-state index contributed by atoms with van der Waals surface area (Å²) in [6.07, 6.45) is 2.64. The van der Waals surface area contributed by atoms with Gasteiger partial charge in [0, 0.05) is 62.7 Å². The van der Waals surface area contributed by atoms with Gasteiger partial charge >= 0.3 is 0 Å². The smallest absolute Gasteiger partial charge is 0.223 e. The number of ether oxygens (including phenoxy) is 1. The number of nitrogens with zero attached hydrogens (tertiary/aromatic N) is 3. The number of carbonyl (C=O) groups is 1. The molecule has 0 bridgehead atoms. The van der Waals surface area contributed by atoms with Crippen LogP contribution in [-0.2, 0) is 18.4 Å². The van der Waals surface area contributed by atoms with Gasteiger partial charge in [-0.2, -0.15) is 0 Å². The number of carbonyl (C=O) groups excluding carboxylic acids is 1. The molecule has 0 spiro atoms. The molecule has 186 valence electrons. The van der Waals surface area contributed by atoms with Crippen LogP contribution in [0.15, 0.2) is 85.1 Å². The Labute approximate surface area is 213 Å². The van der Waals surface area contributed by atoms with E-state index >= 15 is 0 Å². The van der Waals surface area contributed by atoms with E-state index < -0.39 is 0 Å². The Bertz CT molecular complexity index is 1310. The van der Waals surface area contributed by atoms with Gasteiger partial charge in [-0.25, -0.2) is 0 Å². The maximum absolute atomic E-state index is 13.6. The number of piperazine rings is 1. The Morgan fingerprint density at radius 1 is 0.917 bits per heavy atom. The molecule has 1 aliphatic rings. The van der Waals surface area contributed by atoms with Gasteiger partial charge in [-0.15, -0.1) is 0 Å². The highest BCUT2D eigenvalue weighted by atomic mass is 16.5. The molecular weight excluding hydrogens is 446 g/mol. The summed E-state index contributed by atoms with van der Waals surface area (Å²) in [6.45, 7) is 7.24. The highest BCUT2D eigenvalue weighted by Gasteiger charge is 2.27. The second kappa shape index (κ2) is 11.0. The van der Waals surface area contributed by atoms with E-state index in [2.05, 4.69) is 78.2 Å². The summed E-state index contributed by atoms with van der Waals surface area (Å²) in [7, 11) is 2.08. The molecule has 2 heterocycles. The molecule has 0 saturated carbocycles. The summed E-state index contributed by atoms with van der Waals surface area (Å²) >= 11 is 0. The quantitative estimate of drug-likeness (QED) is 0.336. The molecule has 3 aromatic carbocycles. The first kappa shape index (κ1) is 24.1. The standard InChI is InChI=1S/C31H35N3O2/c1-3-33-16-18-34(19-17-33)31(35)21-28(29-22-32(2)30-15-8-7-14-27(29)30)25-12-9-13-26(20-25)36-23-24-10-5-4-6-11-24/h4-15,20,22,28H,3,16-19,21,23H2,1-2H3. The molecule has 1 amide bonds. The van der Waals surface area contributed by atoms with Gasteiger partial charge < -0.3 is 19.1 Å². The van der Waals surface area contributed by atoms with Crippen LogP contribution >= 0.6 is 0 Å². The monoisotopic (exact) mass is 481 g/mol. The first-order chi connectivity index (χ1) is 17.6. The van der Waals surface area contributed by atoms with Crippen molar-refractivity contribution in [2.75, 3.05) is 32.7 Å². The number of para-hydroxylation sites is 1. The van der Waals surface area contributed by atoms with Gasteiger partial charge in [-0.3, -0.25) is 4.79 Å². The van der Waals surface area contributed by atoms with E-state index in [1.807, 2.05) is 35.2 Å². The molecule has 1 fully saturated rings. The molecule has 1 atom stereocenters. The van der Waals surface area contributed by atoms with Crippen molar-refractivity contribution in [2.45, 2.75) is 25.9 Å². The van der Waals surface area contributed by atoms with Crippen molar-refractivity contribution in [3.63, 3.8) is 0 Å². The zero-order valence-corrected chi connectivity index (χ0v) is 21.3. The van der Waals surface area contributed by atoms with Crippen LogP contribution in [0, 0.1) is 0 Å². The molecule has 5 nitrogen and oxygen atoms in total. The van der Waals surface area contributed by atoms with Gasteiger partial charge in [0.25, 0.3) is 0 Å². The van der Waals surface area contributed by atoms with E-state index in [0.29, 0.717) is 13.0 Å². The van der Waals surface area contributed by atoms with Gasteiger partial charge in [0.2, 0.25) is 5.91 Å². The Morgan fingerprint density at radius 2 is 1.67 bits per heavy atom. The van der Waals surface area contributed by atoms with E-state index in [1.165, 1.54) is 16.5 Å². The van der Waals surface area contributed by atoms with Gasteiger partial charge in [0.1, 0.15) is 12.4 Å². The van der Waals surface area contributed by atoms with E-state index in [1.54, 1.807) is 0 Å². The highest BCUT2D eigenvalue weighted by Crippen LogP contribution is 2.36. The van der Waals surface area contributed by atoms with Crippen molar-refractivity contribution in [2.24, 2.45) is 7.05 Å². The van der Waals surface area contributed by atoms with Crippen molar-refractivity contribution >= 4 is 16.8 Å². The first-order valence-electron chi connectivity index (χ1n) is 12.9. The van der Waals surface area contributed by atoms with Gasteiger partial charge in [-0.1, -0.05) is 67.6 Å². The summed E-state index contributed by atoms with van der Waals surface area (Å²) in [5.74, 6) is 0.998. The molecule has 1 aromatic heterocycles. The Kier molecular flexibility index (Phi) is 7.38. The number of hydrogen-bond donors (Lipinski definition) is 0. The largest absolute Gasteiger partial charge is 0.489 e. The lowest BCUT2D eigenvalue weighted by molar-refractivity contribution is -0.133. The topological polar surface area (TPSA) is 37.7 Å². The lowest BCUT2D eigenvalue weighted by atomic mass is 9.87. The number of benzene rings is 3. The van der Waals surface area contributed by atoms with E-state index in [4.69, 9.17) is 4.74 Å². The molecule has 4 aromatic rings. The fourth-order valence-electron chi connectivity index (χ4n) is 5.24. The average Bonchev–Trinajstić information content (AvgIpc) is 3.27. The third kappa shape index (κ3) is 5.31. The minimum absolute atomic E-state index is 0.0481. The van der Waals surface area contributed by atoms with Crippen LogP contribution < -0.4 is 4.74 Å². The van der Waals surface area contributed by atoms with Gasteiger partial charge in [0.05, 0.1) is 0 Å². The van der Waals surface area contributed by atoms with Crippen LogP contribution in [0.1, 0.15) is 36.0 Å². The second-order valence-corrected chi connectivity index (χ2v) is 9.63. The molecule has 5 heteroatoms. The summed E-state index contributed by atoms with van der Waals surface area (Å²) in [6, 6.07) is 26.9. The molecule has 0 aliphatic carbocycles. The number of aromatic nitrogens is 1. The van der Waals surface area contributed by atoms with Crippen LogP contribution in [-0.4, -0.2) is 53.0 Å². The van der Waals surface area contributed by atoms with Gasteiger partial charge in [0.15, 0.2) is 0 Å². The van der Waals surface area contributed by atoms with Crippen LogP contribution in [0.2, 0.25) is 0 Å². The Hall–Kier alpha value is -3.57. The minimum atomic E-state index is -0.0481. The van der Waals surface area contributed by atoms with Crippen LogP contribution in [0.5, 0.6) is 5.75 Å². The number of hydrogen-bond acceptors (Lipinski definition) is 3. The van der Waals surface area contributed by atoms with E-state index in [9.17, 15) is 4.79 Å². The predicted octanol–water partition coefficient (Wildman–Crippen LogP) is 5.44. The lowest BCUT2D eigenvalue weighted by Gasteiger charge is -2.35. The first-order valence-corrected chi connectivity index (χ1v) is 12.9. The molecule has 1 aliphatic heterocycles. The second-order valence-electron chi connectivity index (χ2n) is 9.63. The van der Waals surface area contributed by atoms with Crippen molar-refractivity contribution in [3.8, 4) is 5.75 Å². The Morgan fingerprint density at radius 3 is 2.44 bits per heavy atom. The number of fused-ring (bicyclic) bond motifs is 1. The summed E-state index contributed by atoms with van der Waals surface area (Å²) in [5.41, 5.74) is 4.61. The number of rotatable bonds is 8. The fourth-order valence-corrected chi connectivity index (χ4v) is 5.24. The molecule has 1 unspecified atom stereocenters. The Balaban J connectivity index is 1.44. The average molecular weight is 482 g/mol. The molecule has 5 rings (SSSR count). The van der Waals surface area contributed by atoms with Crippen molar-refractivity contribution in [1.29, 1.82) is 0 Å². The normalized spacial score (nSPS) is 15.2. The van der Waals surface area contributed by atoms with E-state index in [-0.39, 0.29) is 11.8 Å². The minimum Gasteiger partial charge on any atom is -0.489 e. The molecule has 1 saturated heterocycles. The molecule has 0 N–H and O–H groups in total. The number of likely N-dealkylation sites (N-methyl/N-ethyl adjacent to an activating group) is 1. The van der Waals surface area contributed by atoms with Gasteiger partial charge in [-0.05, 0) is 41.4 Å². The lowest BCUT2D eigenvalue weighted by Crippen LogP contribution is -2.48. The molecular formula is C31H35N3O2. The molecule has 0 radical (unpaired) electrons. The SMILES string of the molecule is CCN1CCN(C(=O)CC(c2cccc(OCc3ccccc3)c2)c2cn(C)c3ccccc23)CC1. The zero-order chi connectivity index (χ0) is 24.9. The number of amides is 1. The summed E-state index contributed by atoms with van der Waals surface area (Å²) in [5, 5.41) is 1.20. The van der Waals surface area contributed by atoms with Crippen molar-refractivity contribution in [3.05, 3.63) is 102 Å². The summed E-state index contributed by atoms with van der Waals surface area (Å²) < 4.78 is 8.32. The van der Waals surface area contributed by atoms with E-state index in [0.717, 1.165) is 49.6 Å². The third-order valence-electron chi connectivity index (χ3n) is 7.36. The fraction of sp³-hybridized carbons (Fsp3) is 0.323. The third-order valence-corrected chi connectivity index (χ3v) is 7.36. The maximum atomic E-state index is 13.6. The zero-order valence-electron chi connectivity index (χ0n) is 21.3. The maximum Gasteiger partial charge on any atom is 0.223 e. The van der Waals surface area contributed by atoms with Crippen molar-refractivity contribution in [1.82, 2.24) is 14.4 Å². The highest BCUT2D eigenvalue weighted by molar-refractivity contribution is 5.86. The number of aryl methyl sites for hydroxylation is 1. The summed E-state index contributed by atoms with van der Waals surface area (Å²) in [4.78, 5) is 18.0. The predicted molar refractivity (Wildman–Crippen MR) is 145 cm³/mol. The van der Waals surface area contributed by atoms with Crippen molar-refractivity contribution < 1.29 is 9.53 Å². The molecule has 36 heavy (non-hydrogen) atoms. The van der Waals surface area contributed by atoms with Crippen LogP contribution in [0.4, 0.5) is 0 Å². The van der Waals surface area contributed by atoms with Crippen LogP contribution in [0.3, 0.4) is 0 Å². The van der Waals surface area contributed by atoms with Crippen LogP contribution in [0.25, 0.3) is 10.9 Å².